The van der Waals surface area contributed by atoms with E-state index in [1.807, 2.05) is 45.7 Å². The first kappa shape index (κ1) is 15.2. The summed E-state index contributed by atoms with van der Waals surface area (Å²) in [5.74, 6) is 1.13. The van der Waals surface area contributed by atoms with E-state index in [0.29, 0.717) is 0 Å². The van der Waals surface area contributed by atoms with Gasteiger partial charge in [-0.1, -0.05) is 40.7 Å². The summed E-state index contributed by atoms with van der Waals surface area (Å²) in [6.45, 7) is 10.1. The molecule has 1 heterocycles. The van der Waals surface area contributed by atoms with E-state index in [1.165, 1.54) is 11.4 Å². The zero-order valence-corrected chi connectivity index (χ0v) is 10.4. The Morgan fingerprint density at radius 2 is 1.85 bits per heavy atom. The minimum Gasteiger partial charge on any atom is -0.255 e. The van der Waals surface area contributed by atoms with E-state index >= 15 is 0 Å². The molecule has 0 aliphatic carbocycles. The molecule has 0 saturated carbocycles. The molecule has 0 saturated heterocycles. The summed E-state index contributed by atoms with van der Waals surface area (Å²) in [6.07, 6.45) is 6.49. The van der Waals surface area contributed by atoms with E-state index < -0.39 is 0 Å². The first-order valence-corrected chi connectivity index (χ1v) is 6.27. The van der Waals surface area contributed by atoms with Crippen LogP contribution >= 0.6 is 11.8 Å². The smallest absolute Gasteiger partial charge is 0.0915 e. The molecule has 1 aliphatic rings. The Labute approximate surface area is 87.7 Å². The van der Waals surface area contributed by atoms with Gasteiger partial charge >= 0.3 is 0 Å². The van der Waals surface area contributed by atoms with Crippen LogP contribution in [0, 0.1) is 0 Å². The van der Waals surface area contributed by atoms with Crippen LogP contribution in [0.5, 0.6) is 0 Å². The molecule has 0 atom stereocenters. The second kappa shape index (κ2) is 14.3. The van der Waals surface area contributed by atoms with Crippen molar-refractivity contribution in [3.8, 4) is 0 Å². The molecule has 2 heteroatoms. The van der Waals surface area contributed by atoms with Gasteiger partial charge in [-0.2, -0.15) is 0 Å². The Kier molecular flexibility index (Phi) is 16.8. The standard InChI is InChI=1S/C7H11NS.2C2H6/c1-2-9-7-5-3-4-6-8-7;2*1-2/h5-6H,2-4H2,1H3;2*1-2H3. The van der Waals surface area contributed by atoms with E-state index in [2.05, 4.69) is 18.0 Å². The van der Waals surface area contributed by atoms with Crippen LogP contribution in [0.4, 0.5) is 0 Å². The fourth-order valence-corrected chi connectivity index (χ4v) is 1.41. The fraction of sp³-hybridized carbons (Fsp3) is 0.727. The average molecular weight is 201 g/mol. The quantitative estimate of drug-likeness (QED) is 0.641. The van der Waals surface area contributed by atoms with E-state index in [-0.39, 0.29) is 0 Å². The largest absolute Gasteiger partial charge is 0.255 e. The lowest BCUT2D eigenvalue weighted by molar-refractivity contribution is 1.08. The van der Waals surface area contributed by atoms with Crippen molar-refractivity contribution in [2.45, 2.75) is 47.5 Å². The van der Waals surface area contributed by atoms with E-state index in [9.17, 15) is 0 Å². The maximum Gasteiger partial charge on any atom is 0.0915 e. The molecule has 13 heavy (non-hydrogen) atoms. The Morgan fingerprint density at radius 1 is 1.23 bits per heavy atom. The van der Waals surface area contributed by atoms with Gasteiger partial charge in [0.15, 0.2) is 0 Å². The summed E-state index contributed by atoms with van der Waals surface area (Å²) in [5.41, 5.74) is 0. The molecule has 0 fully saturated rings. The van der Waals surface area contributed by atoms with Crippen LogP contribution in [0.3, 0.4) is 0 Å². The molecular weight excluding hydrogens is 178 g/mol. The van der Waals surface area contributed by atoms with Crippen molar-refractivity contribution in [1.82, 2.24) is 0 Å². The summed E-state index contributed by atoms with van der Waals surface area (Å²) in [6, 6.07) is 0. The zero-order chi connectivity index (χ0) is 10.5. The molecule has 0 spiro atoms. The van der Waals surface area contributed by atoms with Gasteiger partial charge < -0.3 is 0 Å². The van der Waals surface area contributed by atoms with Crippen LogP contribution in [-0.4, -0.2) is 12.0 Å². The normalized spacial score (nSPS) is 13.2. The maximum atomic E-state index is 4.22. The maximum absolute atomic E-state index is 4.22. The first-order valence-electron chi connectivity index (χ1n) is 5.29. The van der Waals surface area contributed by atoms with Crippen molar-refractivity contribution in [3.05, 3.63) is 11.1 Å². The Balaban J connectivity index is 0. The van der Waals surface area contributed by atoms with Gasteiger partial charge in [0.25, 0.3) is 0 Å². The van der Waals surface area contributed by atoms with Crippen LogP contribution in [-0.2, 0) is 0 Å². The summed E-state index contributed by atoms with van der Waals surface area (Å²) in [5, 5.41) is 1.20. The number of hydrogen-bond acceptors (Lipinski definition) is 2. The van der Waals surface area contributed by atoms with E-state index in [0.717, 1.165) is 12.2 Å². The van der Waals surface area contributed by atoms with Crippen molar-refractivity contribution < 1.29 is 0 Å². The van der Waals surface area contributed by atoms with Crippen LogP contribution in [0.1, 0.15) is 47.5 Å². The SMILES string of the molecule is CC.CC.CCSC1=CCCC=N1. The molecule has 0 radical (unpaired) electrons. The number of nitrogens with zero attached hydrogens (tertiary/aromatic N) is 1. The number of rotatable bonds is 2. The highest BCUT2D eigenvalue weighted by molar-refractivity contribution is 8.03. The lowest BCUT2D eigenvalue weighted by Crippen LogP contribution is -1.84. The number of aliphatic imine (C=N–C) groups is 1. The van der Waals surface area contributed by atoms with Crippen LogP contribution in [0.15, 0.2) is 16.1 Å². The molecule has 0 amide bonds. The third kappa shape index (κ3) is 9.68. The van der Waals surface area contributed by atoms with Crippen molar-refractivity contribution in [3.63, 3.8) is 0 Å². The zero-order valence-electron chi connectivity index (χ0n) is 9.63. The van der Waals surface area contributed by atoms with Gasteiger partial charge in [0.05, 0.1) is 5.03 Å². The Hall–Kier alpha value is -0.240. The van der Waals surface area contributed by atoms with Crippen molar-refractivity contribution in [2.75, 3.05) is 5.75 Å². The lowest BCUT2D eigenvalue weighted by atomic mass is 10.3. The molecule has 0 bridgehead atoms. The summed E-state index contributed by atoms with van der Waals surface area (Å²) in [4.78, 5) is 4.22. The third-order valence-electron chi connectivity index (χ3n) is 1.13. The van der Waals surface area contributed by atoms with Crippen molar-refractivity contribution in [2.24, 2.45) is 4.99 Å². The molecule has 0 aromatic carbocycles. The van der Waals surface area contributed by atoms with Crippen LogP contribution in [0.25, 0.3) is 0 Å². The van der Waals surface area contributed by atoms with Crippen molar-refractivity contribution >= 4 is 18.0 Å². The van der Waals surface area contributed by atoms with Gasteiger partial charge in [-0.05, 0) is 18.6 Å². The Bertz CT molecular complexity index is 139. The van der Waals surface area contributed by atoms with E-state index in [4.69, 9.17) is 0 Å². The predicted molar refractivity (Wildman–Crippen MR) is 66.6 cm³/mol. The summed E-state index contributed by atoms with van der Waals surface area (Å²) < 4.78 is 0. The molecule has 0 aromatic heterocycles. The van der Waals surface area contributed by atoms with Gasteiger partial charge in [-0.25, -0.2) is 0 Å². The first-order chi connectivity index (χ1) is 6.43. The van der Waals surface area contributed by atoms with Gasteiger partial charge in [0, 0.05) is 6.21 Å². The molecule has 0 unspecified atom stereocenters. The highest BCUT2D eigenvalue weighted by Crippen LogP contribution is 2.19. The van der Waals surface area contributed by atoms with Crippen molar-refractivity contribution in [1.29, 1.82) is 0 Å². The second-order valence-electron chi connectivity index (χ2n) is 1.86. The van der Waals surface area contributed by atoms with Crippen LogP contribution < -0.4 is 0 Å². The topological polar surface area (TPSA) is 12.4 Å². The lowest BCUT2D eigenvalue weighted by Gasteiger charge is -2.01. The monoisotopic (exact) mass is 201 g/mol. The van der Waals surface area contributed by atoms with Gasteiger partial charge in [0.2, 0.25) is 0 Å². The molecular formula is C11H23NS. The number of hydrogen-bond donors (Lipinski definition) is 0. The fourth-order valence-electron chi connectivity index (χ4n) is 0.733. The molecule has 0 aromatic rings. The van der Waals surface area contributed by atoms with Gasteiger partial charge in [-0.15, -0.1) is 11.8 Å². The molecule has 1 rings (SSSR count). The van der Waals surface area contributed by atoms with E-state index in [1.54, 1.807) is 0 Å². The molecule has 78 valence electrons. The number of allylic oxidation sites excluding steroid dienone is 1. The third-order valence-corrected chi connectivity index (χ3v) is 1.98. The number of thioether (sulfide) groups is 1. The Morgan fingerprint density at radius 3 is 2.23 bits per heavy atom. The molecule has 1 aliphatic heterocycles. The second-order valence-corrected chi connectivity index (χ2v) is 3.15. The predicted octanol–water partition coefficient (Wildman–Crippen LogP) is 4.50. The summed E-state index contributed by atoms with van der Waals surface area (Å²) >= 11 is 1.82. The minimum atomic E-state index is 1.12. The summed E-state index contributed by atoms with van der Waals surface area (Å²) in [7, 11) is 0. The molecule has 0 N–H and O–H groups in total. The van der Waals surface area contributed by atoms with Crippen LogP contribution in [0.2, 0.25) is 0 Å². The average Bonchev–Trinajstić information content (AvgIpc) is 2.26. The molecule has 1 nitrogen and oxygen atoms in total. The minimum absolute atomic E-state index is 1.12. The van der Waals surface area contributed by atoms with Gasteiger partial charge in [-0.3, -0.25) is 4.99 Å². The highest BCUT2D eigenvalue weighted by Gasteiger charge is 1.95. The highest BCUT2D eigenvalue weighted by atomic mass is 32.2. The van der Waals surface area contributed by atoms with Gasteiger partial charge in [0.1, 0.15) is 0 Å².